The average Bonchev–Trinajstić information content (AvgIpc) is 4.24. The summed E-state index contributed by atoms with van der Waals surface area (Å²) in [5, 5.41) is 19.0. The minimum atomic E-state index is -0.620. The lowest BCUT2D eigenvalue weighted by Gasteiger charge is -2.36. The molecule has 9 rings (SSSR count). The molecular formula is C58H85N9O6. The molecule has 73 heavy (non-hydrogen) atoms. The van der Waals surface area contributed by atoms with Crippen molar-refractivity contribution in [3.8, 4) is 0 Å². The van der Waals surface area contributed by atoms with Gasteiger partial charge in [-0.15, -0.1) is 0 Å². The lowest BCUT2D eigenvalue weighted by molar-refractivity contribution is -0.143. The number of carbonyl (C=O) groups is 6. The quantitative estimate of drug-likeness (QED) is 0.118. The Balaban J connectivity index is 0.810. The molecule has 15 heteroatoms. The van der Waals surface area contributed by atoms with E-state index in [1.54, 1.807) is 37.7 Å². The number of hydrogen-bond acceptors (Lipinski definition) is 9. The summed E-state index contributed by atoms with van der Waals surface area (Å²) in [6.07, 6.45) is 19.5. The van der Waals surface area contributed by atoms with Gasteiger partial charge >= 0.3 is 0 Å². The molecular weight excluding hydrogens is 919 g/mol. The molecule has 5 fully saturated rings. The van der Waals surface area contributed by atoms with Gasteiger partial charge in [-0.25, -0.2) is 0 Å². The highest BCUT2D eigenvalue weighted by atomic mass is 16.2. The van der Waals surface area contributed by atoms with E-state index in [1.807, 2.05) is 0 Å². The highest BCUT2D eigenvalue weighted by Gasteiger charge is 2.44. The minimum absolute atomic E-state index is 0.0758. The fourth-order valence-electron chi connectivity index (χ4n) is 13.7. The molecule has 398 valence electrons. The van der Waals surface area contributed by atoms with Crippen molar-refractivity contribution in [2.24, 2.45) is 11.8 Å². The van der Waals surface area contributed by atoms with Crippen molar-refractivity contribution in [2.45, 2.75) is 203 Å². The van der Waals surface area contributed by atoms with E-state index in [9.17, 15) is 28.8 Å². The average molecular weight is 1000 g/mol. The molecule has 4 aliphatic carbocycles. The van der Waals surface area contributed by atoms with E-state index in [0.29, 0.717) is 31.8 Å². The predicted molar refractivity (Wildman–Crippen MR) is 284 cm³/mol. The second kappa shape index (κ2) is 24.1. The minimum Gasteiger partial charge on any atom is -0.371 e. The smallest absolute Gasteiger partial charge is 0.246 e. The third-order valence-corrected chi connectivity index (χ3v) is 18.3. The van der Waals surface area contributed by atoms with Gasteiger partial charge in [-0.2, -0.15) is 0 Å². The van der Waals surface area contributed by atoms with E-state index in [0.717, 1.165) is 135 Å². The third-order valence-electron chi connectivity index (χ3n) is 18.3. The molecule has 0 aromatic heterocycles. The van der Waals surface area contributed by atoms with E-state index in [1.165, 1.54) is 33.5 Å². The summed E-state index contributed by atoms with van der Waals surface area (Å²) in [6, 6.07) is 10.3. The molecule has 3 heterocycles. The lowest BCUT2D eigenvalue weighted by atomic mass is 9.83. The number of amides is 6. The highest BCUT2D eigenvalue weighted by molar-refractivity contribution is 5.95. The zero-order valence-corrected chi connectivity index (χ0v) is 44.3. The van der Waals surface area contributed by atoms with Gasteiger partial charge in [-0.3, -0.25) is 28.8 Å². The fourth-order valence-corrected chi connectivity index (χ4v) is 13.7. The number of rotatable bonds is 16. The van der Waals surface area contributed by atoms with Crippen LogP contribution in [0.2, 0.25) is 0 Å². The third kappa shape index (κ3) is 11.9. The second-order valence-corrected chi connectivity index (χ2v) is 22.8. The second-order valence-electron chi connectivity index (χ2n) is 22.8. The Kier molecular flexibility index (Phi) is 17.4. The zero-order valence-electron chi connectivity index (χ0n) is 44.3. The van der Waals surface area contributed by atoms with Gasteiger partial charge in [0, 0.05) is 37.8 Å². The van der Waals surface area contributed by atoms with Crippen LogP contribution < -0.4 is 36.8 Å². The molecule has 3 saturated heterocycles. The number of likely N-dealkylation sites (tertiary alicyclic amines) is 2. The highest BCUT2D eigenvalue weighted by Crippen LogP contribution is 2.39. The van der Waals surface area contributed by atoms with E-state index >= 15 is 0 Å². The number of nitrogens with zero attached hydrogens (tertiary/aromatic N) is 3. The molecule has 0 bridgehead atoms. The Morgan fingerprint density at radius 1 is 0.521 bits per heavy atom. The largest absolute Gasteiger partial charge is 0.371 e. The maximum Gasteiger partial charge on any atom is 0.246 e. The topological polar surface area (TPSA) is 184 Å². The standard InChI is InChI=1S/C58H85N9O6/c1-36(59-3)53(68)63-51(38-15-7-5-8-16-38)57(72)66-30-13-23-49(66)55(70)61-47-21-11-19-41-33-40(25-27-45(41)47)43-29-32-65(35-43)44-26-28-46-42(34-44)20-12-22-48(46)62-56(71)50-24-14-31-67(50)58(73)52(39-17-9-6-10-18-39)64-54(69)37(2)60-4/h25-28,33-34,36-39,43,47-52,59-60H,5-24,29-32,35H2,1-4H3,(H,61,70)(H,62,71)(H,63,68)(H,64,69)/t36-,37-,43?,47+,48+,49-,50-,51-,52-/m0/s1. The Morgan fingerprint density at radius 2 is 1.00 bits per heavy atom. The van der Waals surface area contributed by atoms with E-state index in [4.69, 9.17) is 0 Å². The van der Waals surface area contributed by atoms with Gasteiger partial charge in [-0.1, -0.05) is 62.8 Å². The maximum absolute atomic E-state index is 14.3. The first-order chi connectivity index (χ1) is 35.4. The van der Waals surface area contributed by atoms with Crippen LogP contribution in [0, 0.1) is 11.8 Å². The normalized spacial score (nSPS) is 26.2. The molecule has 15 nitrogen and oxygen atoms in total. The molecule has 1 unspecified atom stereocenters. The van der Waals surface area contributed by atoms with E-state index < -0.39 is 36.3 Å². The van der Waals surface area contributed by atoms with Gasteiger partial charge in [0.1, 0.15) is 24.2 Å². The molecule has 6 amide bonds. The van der Waals surface area contributed by atoms with Crippen molar-refractivity contribution < 1.29 is 28.8 Å². The summed E-state index contributed by atoms with van der Waals surface area (Å²) in [5.74, 6) is -0.259. The van der Waals surface area contributed by atoms with Crippen LogP contribution in [-0.2, 0) is 41.6 Å². The number of likely N-dealkylation sites (N-methyl/N-ethyl adjacent to an activating group) is 2. The number of anilines is 1. The molecule has 2 aromatic carbocycles. The van der Waals surface area contributed by atoms with Crippen LogP contribution in [0.5, 0.6) is 0 Å². The summed E-state index contributed by atoms with van der Waals surface area (Å²) in [6.45, 7) is 6.53. The van der Waals surface area contributed by atoms with Crippen molar-refractivity contribution in [2.75, 3.05) is 45.2 Å². The molecule has 0 spiro atoms. The van der Waals surface area contributed by atoms with Crippen molar-refractivity contribution in [1.29, 1.82) is 0 Å². The summed E-state index contributed by atoms with van der Waals surface area (Å²) in [7, 11) is 3.49. The van der Waals surface area contributed by atoms with Crippen LogP contribution in [0.1, 0.15) is 182 Å². The fraction of sp³-hybridized carbons (Fsp3) is 0.690. The number of fused-ring (bicyclic) bond motifs is 2. The molecule has 3 aliphatic heterocycles. The van der Waals surface area contributed by atoms with Crippen molar-refractivity contribution in [3.05, 3.63) is 64.2 Å². The molecule has 0 radical (unpaired) electrons. The summed E-state index contributed by atoms with van der Waals surface area (Å²) < 4.78 is 0. The summed E-state index contributed by atoms with van der Waals surface area (Å²) >= 11 is 0. The van der Waals surface area contributed by atoms with Crippen molar-refractivity contribution >= 4 is 41.1 Å². The number of hydrogen-bond donors (Lipinski definition) is 6. The Morgan fingerprint density at radius 3 is 1.49 bits per heavy atom. The van der Waals surface area contributed by atoms with Gasteiger partial charge in [0.05, 0.1) is 24.2 Å². The predicted octanol–water partition coefficient (Wildman–Crippen LogP) is 6.00. The van der Waals surface area contributed by atoms with Crippen LogP contribution in [-0.4, -0.2) is 122 Å². The maximum atomic E-state index is 14.3. The van der Waals surface area contributed by atoms with Crippen molar-refractivity contribution in [3.63, 3.8) is 0 Å². The van der Waals surface area contributed by atoms with Crippen LogP contribution in [0.25, 0.3) is 0 Å². The Hall–Kier alpha value is -5.02. The first-order valence-electron chi connectivity index (χ1n) is 28.6. The first-order valence-corrected chi connectivity index (χ1v) is 28.6. The summed E-state index contributed by atoms with van der Waals surface area (Å²) in [4.78, 5) is 89.2. The molecule has 9 atom stereocenters. The van der Waals surface area contributed by atoms with E-state index in [-0.39, 0.29) is 59.4 Å². The van der Waals surface area contributed by atoms with Gasteiger partial charge in [-0.05, 0) is 176 Å². The Labute approximate surface area is 434 Å². The van der Waals surface area contributed by atoms with Crippen LogP contribution >= 0.6 is 0 Å². The van der Waals surface area contributed by atoms with E-state index in [2.05, 4.69) is 73.2 Å². The van der Waals surface area contributed by atoms with Crippen LogP contribution in [0.15, 0.2) is 36.4 Å². The first kappa shape index (κ1) is 52.8. The molecule has 7 aliphatic rings. The van der Waals surface area contributed by atoms with Crippen LogP contribution in [0.4, 0.5) is 5.69 Å². The molecule has 2 aromatic rings. The Bertz CT molecular complexity index is 2160. The van der Waals surface area contributed by atoms with Gasteiger partial charge in [0.25, 0.3) is 0 Å². The number of carbonyl (C=O) groups excluding carboxylic acids is 6. The molecule has 2 saturated carbocycles. The van der Waals surface area contributed by atoms with Gasteiger partial charge < -0.3 is 46.6 Å². The SMILES string of the molecule is CN[C@@H](C)C(=O)N[C@H](C(=O)N1CCC[C@H]1C(=O)N[C@@H]1CCCc2cc(C3CCN(c4ccc5c(c4)CCC[C@H]5NC(=O)[C@@H]4CCCN4C(=O)[C@@H](NC(=O)[C@H](C)NC)C4CCCCC4)C3)ccc21)C1CCCCC1. The van der Waals surface area contributed by atoms with Gasteiger partial charge in [0.15, 0.2) is 0 Å². The number of nitrogens with one attached hydrogen (secondary N) is 6. The lowest BCUT2D eigenvalue weighted by Crippen LogP contribution is -2.58. The zero-order chi connectivity index (χ0) is 51.2. The summed E-state index contributed by atoms with van der Waals surface area (Å²) in [5.41, 5.74) is 7.47. The monoisotopic (exact) mass is 1000 g/mol. The van der Waals surface area contributed by atoms with Crippen molar-refractivity contribution in [1.82, 2.24) is 41.7 Å². The van der Waals surface area contributed by atoms with Crippen LogP contribution in [0.3, 0.4) is 0 Å². The number of aryl methyl sites for hydroxylation is 2. The van der Waals surface area contributed by atoms with Gasteiger partial charge in [0.2, 0.25) is 35.4 Å². The number of benzene rings is 2. The molecule has 6 N–H and O–H groups in total.